The Morgan fingerprint density at radius 1 is 1.38 bits per heavy atom. The first-order valence-corrected chi connectivity index (χ1v) is 4.61. The molecular formula is C11H16ClN. The average Bonchev–Trinajstić information content (AvgIpc) is 2.31. The minimum Gasteiger partial charge on any atom is -1.00 e. The fourth-order valence-electron chi connectivity index (χ4n) is 2.04. The molecule has 3 N–H and O–H groups in total. The van der Waals surface area contributed by atoms with Crippen LogP contribution in [0.3, 0.4) is 0 Å². The van der Waals surface area contributed by atoms with E-state index in [0.717, 1.165) is 5.92 Å². The molecule has 2 atom stereocenters. The molecule has 0 radical (unpaired) electrons. The second-order valence-electron chi connectivity index (χ2n) is 3.99. The molecule has 1 aromatic rings. The number of hydrogen-bond acceptors (Lipinski definition) is 0. The van der Waals surface area contributed by atoms with Crippen molar-refractivity contribution in [2.75, 3.05) is 0 Å². The van der Waals surface area contributed by atoms with Gasteiger partial charge in [-0.25, -0.2) is 0 Å². The van der Waals surface area contributed by atoms with Gasteiger partial charge in [0.25, 0.3) is 0 Å². The maximum atomic E-state index is 4.20. The van der Waals surface area contributed by atoms with Crippen LogP contribution in [-0.2, 0) is 6.42 Å². The van der Waals surface area contributed by atoms with Crippen molar-refractivity contribution in [2.24, 2.45) is 5.92 Å². The molecule has 1 aliphatic rings. The van der Waals surface area contributed by atoms with Crippen molar-refractivity contribution in [3.63, 3.8) is 0 Å². The predicted molar refractivity (Wildman–Crippen MR) is 49.7 cm³/mol. The van der Waals surface area contributed by atoms with E-state index < -0.39 is 0 Å². The third kappa shape index (κ3) is 1.72. The van der Waals surface area contributed by atoms with Crippen molar-refractivity contribution in [2.45, 2.75) is 26.3 Å². The highest BCUT2D eigenvalue weighted by atomic mass is 35.5. The summed E-state index contributed by atoms with van der Waals surface area (Å²) in [6.07, 6.45) is 1.21. The normalized spacial score (nSPS) is 25.2. The number of halogens is 1. The summed E-state index contributed by atoms with van der Waals surface area (Å²) in [6.45, 7) is 4.43. The van der Waals surface area contributed by atoms with E-state index in [4.69, 9.17) is 0 Å². The maximum absolute atomic E-state index is 4.20. The van der Waals surface area contributed by atoms with Crippen LogP contribution in [0, 0.1) is 12.8 Å². The predicted octanol–water partition coefficient (Wildman–Crippen LogP) is -1.53. The van der Waals surface area contributed by atoms with E-state index in [2.05, 4.69) is 37.8 Å². The van der Waals surface area contributed by atoms with Crippen molar-refractivity contribution in [1.82, 2.24) is 0 Å². The van der Waals surface area contributed by atoms with Crippen LogP contribution in [0.4, 0.5) is 0 Å². The van der Waals surface area contributed by atoms with Crippen LogP contribution >= 0.6 is 0 Å². The van der Waals surface area contributed by atoms with Crippen LogP contribution in [-0.4, -0.2) is 0 Å². The Kier molecular flexibility index (Phi) is 2.99. The van der Waals surface area contributed by atoms with Gasteiger partial charge in [0.15, 0.2) is 0 Å². The zero-order valence-corrected chi connectivity index (χ0v) is 8.93. The Labute approximate surface area is 85.7 Å². The molecule has 0 amide bonds. The van der Waals surface area contributed by atoms with E-state index in [1.54, 1.807) is 0 Å². The molecule has 0 fully saturated rings. The molecule has 0 aromatic heterocycles. The van der Waals surface area contributed by atoms with E-state index in [0.29, 0.717) is 6.04 Å². The molecule has 0 aliphatic heterocycles. The summed E-state index contributed by atoms with van der Waals surface area (Å²) in [5.41, 5.74) is 8.54. The second-order valence-corrected chi connectivity index (χ2v) is 3.99. The average molecular weight is 198 g/mol. The van der Waals surface area contributed by atoms with Gasteiger partial charge in [-0.1, -0.05) is 24.6 Å². The van der Waals surface area contributed by atoms with Crippen LogP contribution < -0.4 is 18.1 Å². The molecule has 1 aromatic carbocycles. The van der Waals surface area contributed by atoms with Crippen molar-refractivity contribution in [1.29, 1.82) is 0 Å². The summed E-state index contributed by atoms with van der Waals surface area (Å²) in [6, 6.07) is 7.26. The SMILES string of the molecule is Cc1ccc2c(c1)[C@H]([NH3+])[C@@H](C)C2.[Cl-]. The van der Waals surface area contributed by atoms with E-state index >= 15 is 0 Å². The molecule has 0 saturated heterocycles. The molecule has 0 saturated carbocycles. The van der Waals surface area contributed by atoms with Gasteiger partial charge in [0.2, 0.25) is 0 Å². The number of rotatable bonds is 0. The Morgan fingerprint density at radius 3 is 2.77 bits per heavy atom. The quantitative estimate of drug-likeness (QED) is 0.523. The van der Waals surface area contributed by atoms with E-state index in [1.165, 1.54) is 23.1 Å². The summed E-state index contributed by atoms with van der Waals surface area (Å²) in [7, 11) is 0. The highest BCUT2D eigenvalue weighted by Gasteiger charge is 2.28. The fourth-order valence-corrected chi connectivity index (χ4v) is 2.04. The van der Waals surface area contributed by atoms with Crippen LogP contribution in [0.25, 0.3) is 0 Å². The molecule has 0 unspecified atom stereocenters. The van der Waals surface area contributed by atoms with Crippen LogP contribution in [0.2, 0.25) is 0 Å². The van der Waals surface area contributed by atoms with Crippen molar-refractivity contribution < 1.29 is 18.1 Å². The van der Waals surface area contributed by atoms with Gasteiger partial charge >= 0.3 is 0 Å². The van der Waals surface area contributed by atoms with Gasteiger partial charge in [0.1, 0.15) is 6.04 Å². The summed E-state index contributed by atoms with van der Waals surface area (Å²) in [5.74, 6) is 0.724. The standard InChI is InChI=1S/C11H15N.ClH/c1-7-3-4-9-6-8(2)11(12)10(9)5-7;/h3-5,8,11H,6,12H2,1-2H3;1H/t8-,11+;/m0./s1. The third-order valence-corrected chi connectivity index (χ3v) is 2.93. The molecule has 2 rings (SSSR count). The molecule has 1 nitrogen and oxygen atoms in total. The van der Waals surface area contributed by atoms with Gasteiger partial charge in [0, 0.05) is 11.5 Å². The number of hydrogen-bond donors (Lipinski definition) is 1. The first-order valence-electron chi connectivity index (χ1n) is 4.61. The highest BCUT2D eigenvalue weighted by molar-refractivity contribution is 5.37. The molecule has 0 bridgehead atoms. The third-order valence-electron chi connectivity index (χ3n) is 2.93. The van der Waals surface area contributed by atoms with Crippen molar-refractivity contribution in [3.05, 3.63) is 34.9 Å². The zero-order chi connectivity index (χ0) is 8.72. The summed E-state index contributed by atoms with van der Waals surface area (Å²) in [4.78, 5) is 0. The van der Waals surface area contributed by atoms with E-state index in [-0.39, 0.29) is 12.4 Å². The lowest BCUT2D eigenvalue weighted by Gasteiger charge is -2.05. The van der Waals surface area contributed by atoms with Gasteiger partial charge in [-0.3, -0.25) is 0 Å². The molecule has 2 heteroatoms. The maximum Gasteiger partial charge on any atom is 0.113 e. The van der Waals surface area contributed by atoms with Gasteiger partial charge in [-0.05, 0) is 25.0 Å². The molecule has 1 aliphatic carbocycles. The van der Waals surface area contributed by atoms with Crippen molar-refractivity contribution >= 4 is 0 Å². The van der Waals surface area contributed by atoms with Crippen LogP contribution in [0.5, 0.6) is 0 Å². The monoisotopic (exact) mass is 197 g/mol. The van der Waals surface area contributed by atoms with Gasteiger partial charge in [0.05, 0.1) is 0 Å². The lowest BCUT2D eigenvalue weighted by molar-refractivity contribution is -0.436. The fraction of sp³-hybridized carbons (Fsp3) is 0.455. The summed E-state index contributed by atoms with van der Waals surface area (Å²) in [5, 5.41) is 0. The number of fused-ring (bicyclic) bond motifs is 1. The van der Waals surface area contributed by atoms with Crippen LogP contribution in [0.15, 0.2) is 18.2 Å². The first-order chi connectivity index (χ1) is 5.68. The topological polar surface area (TPSA) is 27.6 Å². The number of benzene rings is 1. The Balaban J connectivity index is 0.000000845. The van der Waals surface area contributed by atoms with E-state index in [1.807, 2.05) is 0 Å². The van der Waals surface area contributed by atoms with Crippen LogP contribution in [0.1, 0.15) is 29.7 Å². The molecular weight excluding hydrogens is 182 g/mol. The molecule has 72 valence electrons. The minimum atomic E-state index is 0. The Morgan fingerprint density at radius 2 is 2.08 bits per heavy atom. The largest absolute Gasteiger partial charge is 1.00 e. The summed E-state index contributed by atoms with van der Waals surface area (Å²) < 4.78 is 0. The lowest BCUT2D eigenvalue weighted by Crippen LogP contribution is -3.00. The van der Waals surface area contributed by atoms with Crippen molar-refractivity contribution in [3.8, 4) is 0 Å². The highest BCUT2D eigenvalue weighted by Crippen LogP contribution is 2.32. The number of quaternary nitrogens is 1. The Hall–Kier alpha value is -0.530. The molecule has 0 spiro atoms. The molecule has 0 heterocycles. The minimum absolute atomic E-state index is 0. The van der Waals surface area contributed by atoms with Gasteiger partial charge in [-0.15, -0.1) is 0 Å². The lowest BCUT2D eigenvalue weighted by atomic mass is 10.0. The first kappa shape index (κ1) is 10.6. The second kappa shape index (κ2) is 3.69. The number of aryl methyl sites for hydroxylation is 1. The Bertz CT molecular complexity index is 309. The van der Waals surface area contributed by atoms with Gasteiger partial charge < -0.3 is 18.1 Å². The summed E-state index contributed by atoms with van der Waals surface area (Å²) >= 11 is 0. The smallest absolute Gasteiger partial charge is 0.113 e. The zero-order valence-electron chi connectivity index (χ0n) is 8.18. The van der Waals surface area contributed by atoms with E-state index in [9.17, 15) is 0 Å². The molecule has 13 heavy (non-hydrogen) atoms. The van der Waals surface area contributed by atoms with Gasteiger partial charge in [-0.2, -0.15) is 0 Å².